The second kappa shape index (κ2) is 4.92. The molecule has 21 heavy (non-hydrogen) atoms. The lowest BCUT2D eigenvalue weighted by Gasteiger charge is -2.26. The zero-order valence-corrected chi connectivity index (χ0v) is 12.1. The van der Waals surface area contributed by atoms with Crippen LogP contribution < -0.4 is 4.90 Å². The predicted molar refractivity (Wildman–Crippen MR) is 84.5 cm³/mol. The maximum atomic E-state index is 5.65. The second-order valence-electron chi connectivity index (χ2n) is 5.67. The number of aromatic nitrogens is 1. The molecule has 106 valence electrons. The molecule has 1 aliphatic heterocycles. The van der Waals surface area contributed by atoms with Crippen LogP contribution in [0, 0.1) is 6.92 Å². The van der Waals surface area contributed by atoms with Crippen LogP contribution in [-0.2, 0) is 0 Å². The summed E-state index contributed by atoms with van der Waals surface area (Å²) >= 11 is 0. The molecule has 1 aromatic carbocycles. The molecule has 0 saturated carbocycles. The molecule has 0 N–H and O–H groups in total. The van der Waals surface area contributed by atoms with E-state index in [4.69, 9.17) is 4.42 Å². The smallest absolute Gasteiger partial charge is 0.126 e. The van der Waals surface area contributed by atoms with Gasteiger partial charge in [0.15, 0.2) is 0 Å². The van der Waals surface area contributed by atoms with Crippen molar-refractivity contribution in [2.75, 3.05) is 11.4 Å². The summed E-state index contributed by atoms with van der Waals surface area (Å²) in [6.07, 6.45) is 6.02. The topological polar surface area (TPSA) is 29.3 Å². The summed E-state index contributed by atoms with van der Waals surface area (Å²) in [6, 6.07) is 12.9. The minimum Gasteiger partial charge on any atom is -0.467 e. The quantitative estimate of drug-likeness (QED) is 0.692. The Morgan fingerprint density at radius 2 is 2.14 bits per heavy atom. The largest absolute Gasteiger partial charge is 0.467 e. The van der Waals surface area contributed by atoms with E-state index in [1.807, 2.05) is 12.3 Å². The first-order chi connectivity index (χ1) is 10.3. The first-order valence-electron chi connectivity index (χ1n) is 7.49. The van der Waals surface area contributed by atoms with E-state index in [-0.39, 0.29) is 0 Å². The molecular weight excluding hydrogens is 260 g/mol. The van der Waals surface area contributed by atoms with Crippen molar-refractivity contribution in [2.24, 2.45) is 0 Å². The van der Waals surface area contributed by atoms with Crippen molar-refractivity contribution in [1.29, 1.82) is 0 Å². The highest BCUT2D eigenvalue weighted by Crippen LogP contribution is 2.39. The Kier molecular flexibility index (Phi) is 2.92. The molecule has 1 saturated heterocycles. The molecular formula is C18H18N2O. The van der Waals surface area contributed by atoms with E-state index in [1.54, 1.807) is 6.26 Å². The lowest BCUT2D eigenvalue weighted by Crippen LogP contribution is -2.22. The number of aryl methyl sites for hydroxylation is 1. The summed E-state index contributed by atoms with van der Waals surface area (Å²) in [4.78, 5) is 7.01. The van der Waals surface area contributed by atoms with E-state index in [0.717, 1.165) is 24.2 Å². The zero-order valence-electron chi connectivity index (χ0n) is 12.1. The Balaban J connectivity index is 1.84. The molecule has 3 heteroatoms. The van der Waals surface area contributed by atoms with E-state index in [9.17, 15) is 0 Å². The molecule has 0 spiro atoms. The van der Waals surface area contributed by atoms with Crippen molar-refractivity contribution in [2.45, 2.75) is 25.8 Å². The minimum absolute atomic E-state index is 0.339. The summed E-state index contributed by atoms with van der Waals surface area (Å²) < 4.78 is 5.65. The summed E-state index contributed by atoms with van der Waals surface area (Å²) in [7, 11) is 0. The van der Waals surface area contributed by atoms with Gasteiger partial charge in [0.05, 0.1) is 17.8 Å². The highest BCUT2D eigenvalue weighted by molar-refractivity contribution is 5.93. The van der Waals surface area contributed by atoms with Crippen LogP contribution in [-0.4, -0.2) is 11.5 Å². The van der Waals surface area contributed by atoms with Gasteiger partial charge in [0.25, 0.3) is 0 Å². The lowest BCUT2D eigenvalue weighted by molar-refractivity contribution is 0.466. The third kappa shape index (κ3) is 2.00. The highest BCUT2D eigenvalue weighted by Gasteiger charge is 2.29. The van der Waals surface area contributed by atoms with Gasteiger partial charge in [-0.05, 0) is 43.5 Å². The summed E-state index contributed by atoms with van der Waals surface area (Å²) in [5.74, 6) is 1.06. The number of fused-ring (bicyclic) bond motifs is 1. The van der Waals surface area contributed by atoms with Crippen LogP contribution in [0.1, 0.15) is 30.2 Å². The summed E-state index contributed by atoms with van der Waals surface area (Å²) in [6.45, 7) is 3.19. The van der Waals surface area contributed by atoms with Crippen LogP contribution in [0.4, 0.5) is 5.69 Å². The van der Waals surface area contributed by atoms with Gasteiger partial charge in [-0.25, -0.2) is 0 Å². The van der Waals surface area contributed by atoms with Crippen LogP contribution in [0.25, 0.3) is 10.9 Å². The van der Waals surface area contributed by atoms with Crippen LogP contribution in [0.3, 0.4) is 0 Å². The summed E-state index contributed by atoms with van der Waals surface area (Å²) in [5, 5.41) is 1.23. The molecule has 3 aromatic rings. The molecule has 2 aromatic heterocycles. The molecule has 1 atom stereocenters. The van der Waals surface area contributed by atoms with Crippen molar-refractivity contribution in [3.63, 3.8) is 0 Å². The fourth-order valence-corrected chi connectivity index (χ4v) is 3.39. The number of nitrogens with zero attached hydrogens (tertiary/aromatic N) is 2. The van der Waals surface area contributed by atoms with Crippen LogP contribution in [0.5, 0.6) is 0 Å². The van der Waals surface area contributed by atoms with E-state index >= 15 is 0 Å². The van der Waals surface area contributed by atoms with Gasteiger partial charge in [-0.2, -0.15) is 0 Å². The van der Waals surface area contributed by atoms with E-state index in [1.165, 1.54) is 23.1 Å². The molecule has 3 nitrogen and oxygen atoms in total. The lowest BCUT2D eigenvalue weighted by atomic mass is 10.1. The summed E-state index contributed by atoms with van der Waals surface area (Å²) in [5.41, 5.74) is 3.59. The van der Waals surface area contributed by atoms with Gasteiger partial charge in [0.2, 0.25) is 0 Å². The van der Waals surface area contributed by atoms with Crippen molar-refractivity contribution >= 4 is 16.6 Å². The Hall–Kier alpha value is -2.29. The number of pyridine rings is 1. The first-order valence-corrected chi connectivity index (χ1v) is 7.49. The average molecular weight is 278 g/mol. The maximum Gasteiger partial charge on any atom is 0.126 e. The van der Waals surface area contributed by atoms with E-state index in [2.05, 4.69) is 47.1 Å². The second-order valence-corrected chi connectivity index (χ2v) is 5.67. The Bertz CT molecular complexity index is 764. The number of anilines is 1. The number of hydrogen-bond acceptors (Lipinski definition) is 3. The molecule has 0 aliphatic carbocycles. The fraction of sp³-hybridized carbons (Fsp3) is 0.278. The third-order valence-corrected chi connectivity index (χ3v) is 4.38. The zero-order chi connectivity index (χ0) is 14.2. The molecule has 1 aliphatic rings. The Morgan fingerprint density at radius 1 is 1.19 bits per heavy atom. The van der Waals surface area contributed by atoms with Crippen molar-refractivity contribution in [1.82, 2.24) is 4.98 Å². The van der Waals surface area contributed by atoms with Gasteiger partial charge >= 0.3 is 0 Å². The number of hydrogen-bond donors (Lipinski definition) is 0. The van der Waals surface area contributed by atoms with E-state index in [0.29, 0.717) is 6.04 Å². The fourth-order valence-electron chi connectivity index (χ4n) is 3.39. The number of furan rings is 1. The van der Waals surface area contributed by atoms with Crippen LogP contribution in [0.15, 0.2) is 53.3 Å². The maximum absolute atomic E-state index is 5.65. The van der Waals surface area contributed by atoms with Crippen molar-refractivity contribution in [3.8, 4) is 0 Å². The van der Waals surface area contributed by atoms with Crippen molar-refractivity contribution in [3.05, 3.63) is 60.2 Å². The van der Waals surface area contributed by atoms with Gasteiger partial charge in [-0.1, -0.05) is 18.2 Å². The predicted octanol–water partition coefficient (Wildman–Crippen LogP) is 4.48. The number of para-hydroxylation sites is 1. The highest BCUT2D eigenvalue weighted by atomic mass is 16.3. The van der Waals surface area contributed by atoms with Gasteiger partial charge in [-0.3, -0.25) is 4.98 Å². The molecule has 0 radical (unpaired) electrons. The number of rotatable bonds is 2. The normalized spacial score (nSPS) is 18.5. The standard InChI is InChI=1S/C18H18N2O/c1-13-5-2-6-14-15(9-10-19-18(13)14)20-11-3-7-16(20)17-8-4-12-21-17/h2,4-6,8-10,12,16H,3,7,11H2,1H3. The van der Waals surface area contributed by atoms with Gasteiger partial charge < -0.3 is 9.32 Å². The van der Waals surface area contributed by atoms with Gasteiger partial charge in [-0.15, -0.1) is 0 Å². The SMILES string of the molecule is Cc1cccc2c(N3CCCC3c3ccco3)ccnc12. The Morgan fingerprint density at radius 3 is 3.00 bits per heavy atom. The van der Waals surface area contributed by atoms with Crippen molar-refractivity contribution < 1.29 is 4.42 Å². The molecule has 3 heterocycles. The van der Waals surface area contributed by atoms with Crippen LogP contribution >= 0.6 is 0 Å². The average Bonchev–Trinajstić information content (AvgIpc) is 3.18. The number of benzene rings is 1. The minimum atomic E-state index is 0.339. The molecule has 4 rings (SSSR count). The van der Waals surface area contributed by atoms with E-state index < -0.39 is 0 Å². The molecule has 1 fully saturated rings. The molecule has 1 unspecified atom stereocenters. The van der Waals surface area contributed by atoms with Gasteiger partial charge in [0.1, 0.15) is 5.76 Å². The monoisotopic (exact) mass is 278 g/mol. The van der Waals surface area contributed by atoms with Crippen LogP contribution in [0.2, 0.25) is 0 Å². The molecule has 0 amide bonds. The third-order valence-electron chi connectivity index (χ3n) is 4.38. The molecule has 0 bridgehead atoms. The van der Waals surface area contributed by atoms with Gasteiger partial charge in [0, 0.05) is 23.8 Å². The first kappa shape index (κ1) is 12.5. The Labute approximate surface area is 124 Å².